The fraction of sp³-hybridized carbons (Fsp3) is 0.700. The standard InChI is InChI=1S/C10H23NOS2/c1-9(2)10(12)11(13(3,4)5)14(6,7)8/h1H2,2-8H3. The highest BCUT2D eigenvalue weighted by atomic mass is 32.3. The molecule has 0 unspecified atom stereocenters. The quantitative estimate of drug-likeness (QED) is 0.691. The lowest BCUT2D eigenvalue weighted by molar-refractivity contribution is -0.119. The Morgan fingerprint density at radius 3 is 1.36 bits per heavy atom. The van der Waals surface area contributed by atoms with Crippen LogP contribution in [0, 0.1) is 0 Å². The lowest BCUT2D eigenvalue weighted by Crippen LogP contribution is -2.34. The van der Waals surface area contributed by atoms with E-state index in [0.717, 1.165) is 0 Å². The van der Waals surface area contributed by atoms with Crippen molar-refractivity contribution in [1.29, 1.82) is 0 Å². The van der Waals surface area contributed by atoms with E-state index in [4.69, 9.17) is 0 Å². The zero-order chi connectivity index (χ0) is 11.7. The molecule has 0 aromatic heterocycles. The summed E-state index contributed by atoms with van der Waals surface area (Å²) >= 11 is 0. The Bertz CT molecular complexity index is 234. The van der Waals surface area contributed by atoms with Crippen LogP contribution in [0.3, 0.4) is 0 Å². The summed E-state index contributed by atoms with van der Waals surface area (Å²) in [6, 6.07) is 0. The maximum absolute atomic E-state index is 12.0. The molecule has 0 aliphatic rings. The molecule has 14 heavy (non-hydrogen) atoms. The van der Waals surface area contributed by atoms with Crippen LogP contribution in [0.15, 0.2) is 12.2 Å². The van der Waals surface area contributed by atoms with Crippen LogP contribution in [-0.4, -0.2) is 47.2 Å². The second-order valence-corrected chi connectivity index (χ2v) is 12.9. The number of rotatable bonds is 3. The van der Waals surface area contributed by atoms with Crippen molar-refractivity contribution >= 4 is 26.3 Å². The van der Waals surface area contributed by atoms with Crippen molar-refractivity contribution in [3.63, 3.8) is 0 Å². The SMILES string of the molecule is C=C(C)C(=O)N(S(C)(C)C)S(C)(C)C. The second kappa shape index (κ2) is 4.19. The van der Waals surface area contributed by atoms with Crippen LogP contribution in [0.5, 0.6) is 0 Å². The molecule has 0 saturated carbocycles. The van der Waals surface area contributed by atoms with Crippen LogP contribution in [0.1, 0.15) is 6.92 Å². The highest BCUT2D eigenvalue weighted by Crippen LogP contribution is 2.57. The minimum Gasteiger partial charge on any atom is -0.268 e. The van der Waals surface area contributed by atoms with E-state index in [1.807, 2.05) is 3.71 Å². The Morgan fingerprint density at radius 2 is 1.29 bits per heavy atom. The summed E-state index contributed by atoms with van der Waals surface area (Å²) in [5.41, 5.74) is 0.634. The molecule has 0 aromatic rings. The minimum atomic E-state index is -1.01. The van der Waals surface area contributed by atoms with E-state index in [0.29, 0.717) is 5.57 Å². The third-order valence-electron chi connectivity index (χ3n) is 1.53. The predicted molar refractivity (Wildman–Crippen MR) is 72.4 cm³/mol. The van der Waals surface area contributed by atoms with Crippen molar-refractivity contribution in [3.05, 3.63) is 12.2 Å². The molecule has 0 aliphatic carbocycles. The second-order valence-electron chi connectivity index (χ2n) is 4.89. The van der Waals surface area contributed by atoms with Gasteiger partial charge < -0.3 is 0 Å². The van der Waals surface area contributed by atoms with Crippen molar-refractivity contribution in [1.82, 2.24) is 3.71 Å². The summed E-state index contributed by atoms with van der Waals surface area (Å²) in [7, 11) is -2.01. The molecule has 0 aliphatic heterocycles. The Kier molecular flexibility index (Phi) is 4.16. The van der Waals surface area contributed by atoms with Crippen molar-refractivity contribution in [2.24, 2.45) is 0 Å². The van der Waals surface area contributed by atoms with Gasteiger partial charge in [-0.3, -0.25) is 8.51 Å². The van der Waals surface area contributed by atoms with E-state index in [9.17, 15) is 4.79 Å². The van der Waals surface area contributed by atoms with Gasteiger partial charge in [0.15, 0.2) is 0 Å². The molecule has 0 rings (SSSR count). The summed E-state index contributed by atoms with van der Waals surface area (Å²) in [5, 5.41) is 0. The van der Waals surface area contributed by atoms with E-state index in [1.165, 1.54) is 0 Å². The van der Waals surface area contributed by atoms with E-state index >= 15 is 0 Å². The first-order valence-electron chi connectivity index (χ1n) is 4.35. The van der Waals surface area contributed by atoms with Crippen LogP contribution in [-0.2, 0) is 4.79 Å². The fourth-order valence-electron chi connectivity index (χ4n) is 1.32. The smallest absolute Gasteiger partial charge is 0.266 e. The topological polar surface area (TPSA) is 20.3 Å². The van der Waals surface area contributed by atoms with Crippen molar-refractivity contribution in [3.8, 4) is 0 Å². The highest BCUT2D eigenvalue weighted by molar-refractivity contribution is 8.44. The first-order chi connectivity index (χ1) is 5.98. The lowest BCUT2D eigenvalue weighted by Gasteiger charge is -2.51. The van der Waals surface area contributed by atoms with Gasteiger partial charge in [0.1, 0.15) is 0 Å². The highest BCUT2D eigenvalue weighted by Gasteiger charge is 2.30. The van der Waals surface area contributed by atoms with Crippen LogP contribution in [0.4, 0.5) is 0 Å². The predicted octanol–water partition coefficient (Wildman–Crippen LogP) is 2.61. The van der Waals surface area contributed by atoms with Crippen molar-refractivity contribution in [2.45, 2.75) is 6.92 Å². The van der Waals surface area contributed by atoms with Crippen molar-refractivity contribution in [2.75, 3.05) is 37.5 Å². The molecule has 86 valence electrons. The molecule has 0 bridgehead atoms. The molecular formula is C10H23NOS2. The molecule has 0 radical (unpaired) electrons. The third kappa shape index (κ3) is 3.58. The molecule has 0 saturated heterocycles. The minimum absolute atomic E-state index is 0.106. The molecule has 0 aromatic carbocycles. The van der Waals surface area contributed by atoms with Gasteiger partial charge in [0.25, 0.3) is 5.91 Å². The number of hydrogen-bond donors (Lipinski definition) is 0. The third-order valence-corrected chi connectivity index (χ3v) is 6.53. The molecule has 0 N–H and O–H groups in total. The number of hydrogen-bond acceptors (Lipinski definition) is 1. The van der Waals surface area contributed by atoms with Crippen LogP contribution >= 0.6 is 20.4 Å². The molecule has 0 atom stereocenters. The molecule has 0 spiro atoms. The maximum atomic E-state index is 12.0. The van der Waals surface area contributed by atoms with Crippen LogP contribution in [0.25, 0.3) is 0 Å². The monoisotopic (exact) mass is 237 g/mol. The van der Waals surface area contributed by atoms with Gasteiger partial charge in [-0.05, 0) is 44.5 Å². The van der Waals surface area contributed by atoms with Gasteiger partial charge in [0, 0.05) is 5.57 Å². The summed E-state index contributed by atoms with van der Waals surface area (Å²) in [6.45, 7) is 5.52. The number of carbonyl (C=O) groups is 1. The average Bonchev–Trinajstić information content (AvgIpc) is 1.79. The number of amides is 1. The summed E-state index contributed by atoms with van der Waals surface area (Å²) in [6.07, 6.45) is 12.9. The van der Waals surface area contributed by atoms with Crippen LogP contribution < -0.4 is 0 Å². The molecular weight excluding hydrogens is 214 g/mol. The van der Waals surface area contributed by atoms with E-state index in [2.05, 4.69) is 44.1 Å². The van der Waals surface area contributed by atoms with Gasteiger partial charge in [-0.2, -0.15) is 20.4 Å². The van der Waals surface area contributed by atoms with Crippen LogP contribution in [0.2, 0.25) is 0 Å². The molecule has 1 amide bonds. The lowest BCUT2D eigenvalue weighted by atomic mass is 10.3. The first kappa shape index (κ1) is 13.9. The zero-order valence-electron chi connectivity index (χ0n) is 10.4. The largest absolute Gasteiger partial charge is 0.268 e. The molecule has 4 heteroatoms. The Morgan fingerprint density at radius 1 is 1.00 bits per heavy atom. The molecule has 0 heterocycles. The fourth-order valence-corrected chi connectivity index (χ4v) is 8.00. The Labute approximate surface area is 91.6 Å². The van der Waals surface area contributed by atoms with Gasteiger partial charge in [-0.15, -0.1) is 0 Å². The first-order valence-corrected chi connectivity index (χ1v) is 9.98. The molecule has 2 nitrogen and oxygen atoms in total. The van der Waals surface area contributed by atoms with Gasteiger partial charge >= 0.3 is 0 Å². The number of nitrogens with zero attached hydrogens (tertiary/aromatic N) is 1. The van der Waals surface area contributed by atoms with Crippen molar-refractivity contribution < 1.29 is 4.79 Å². The van der Waals surface area contributed by atoms with E-state index in [1.54, 1.807) is 6.92 Å². The Balaban J connectivity index is 5.15. The van der Waals surface area contributed by atoms with Gasteiger partial charge in [-0.25, -0.2) is 0 Å². The summed E-state index contributed by atoms with van der Waals surface area (Å²) in [4.78, 5) is 12.0. The van der Waals surface area contributed by atoms with E-state index < -0.39 is 20.4 Å². The molecule has 0 fully saturated rings. The number of carbonyl (C=O) groups excluding carboxylic acids is 1. The average molecular weight is 237 g/mol. The van der Waals surface area contributed by atoms with E-state index in [-0.39, 0.29) is 5.91 Å². The van der Waals surface area contributed by atoms with Gasteiger partial charge in [0.2, 0.25) is 0 Å². The normalized spacial score (nSPS) is 14.8. The zero-order valence-corrected chi connectivity index (χ0v) is 12.0. The summed E-state index contributed by atoms with van der Waals surface area (Å²) in [5.74, 6) is 0.106. The van der Waals surface area contributed by atoms with Gasteiger partial charge in [-0.1, -0.05) is 6.58 Å². The Hall–Kier alpha value is -0.0900. The summed E-state index contributed by atoms with van der Waals surface area (Å²) < 4.78 is 2.04. The van der Waals surface area contributed by atoms with Gasteiger partial charge in [0.05, 0.1) is 0 Å². The maximum Gasteiger partial charge on any atom is 0.266 e.